The summed E-state index contributed by atoms with van der Waals surface area (Å²) in [5, 5.41) is 1.70. The number of halogens is 1. The van der Waals surface area contributed by atoms with E-state index in [0.29, 0.717) is 11.6 Å². The highest BCUT2D eigenvalue weighted by Gasteiger charge is 2.09. The van der Waals surface area contributed by atoms with Crippen LogP contribution in [0.2, 0.25) is 5.02 Å². The summed E-state index contributed by atoms with van der Waals surface area (Å²) in [4.78, 5) is 4.69. The Bertz CT molecular complexity index is 798. The smallest absolute Gasteiger partial charge is 0.169 e. The van der Waals surface area contributed by atoms with E-state index in [4.69, 9.17) is 21.3 Å². The van der Waals surface area contributed by atoms with Crippen LogP contribution >= 0.6 is 23.4 Å². The lowest BCUT2D eigenvalue weighted by molar-refractivity contribution is 0.344. The van der Waals surface area contributed by atoms with Crippen molar-refractivity contribution in [3.63, 3.8) is 0 Å². The van der Waals surface area contributed by atoms with E-state index in [1.807, 2.05) is 48.5 Å². The molecule has 0 aliphatic heterocycles. The second-order valence-electron chi connectivity index (χ2n) is 4.93. The van der Waals surface area contributed by atoms with Crippen LogP contribution in [0.3, 0.4) is 0 Å². The number of hydrogen-bond donors (Lipinski definition) is 0. The molecule has 3 nitrogen and oxygen atoms in total. The molecule has 3 rings (SSSR count). The molecular formula is C18H17ClN2OS. The quantitative estimate of drug-likeness (QED) is 0.341. The standard InChI is InChI=1S/C18H17ClN2OS/c1-2-11-21-17-6-4-3-5-16(17)20-18(21)23-13-12-22-15-9-7-14(19)8-10-15/h2-10H,1,11-13H2. The maximum absolute atomic E-state index is 5.86. The van der Waals surface area contributed by atoms with E-state index in [0.717, 1.165) is 34.2 Å². The van der Waals surface area contributed by atoms with Gasteiger partial charge in [0.05, 0.1) is 17.6 Å². The lowest BCUT2D eigenvalue weighted by Crippen LogP contribution is -2.03. The van der Waals surface area contributed by atoms with Gasteiger partial charge in [-0.05, 0) is 36.4 Å². The number of fused-ring (bicyclic) bond motifs is 1. The number of thioether (sulfide) groups is 1. The SMILES string of the molecule is C=CCn1c(SCCOc2ccc(Cl)cc2)nc2ccccc21. The molecule has 1 aromatic heterocycles. The zero-order valence-corrected chi connectivity index (χ0v) is 14.2. The van der Waals surface area contributed by atoms with E-state index in [9.17, 15) is 0 Å². The predicted octanol–water partition coefficient (Wildman–Crippen LogP) is 5.05. The molecule has 0 N–H and O–H groups in total. The lowest BCUT2D eigenvalue weighted by atomic mass is 10.3. The Morgan fingerprint density at radius 1 is 1.17 bits per heavy atom. The number of imidazole rings is 1. The van der Waals surface area contributed by atoms with Crippen molar-refractivity contribution in [3.05, 3.63) is 66.2 Å². The van der Waals surface area contributed by atoms with Crippen LogP contribution in [-0.2, 0) is 6.54 Å². The van der Waals surface area contributed by atoms with Crippen LogP contribution in [0, 0.1) is 0 Å². The molecule has 23 heavy (non-hydrogen) atoms. The normalized spacial score (nSPS) is 10.8. The van der Waals surface area contributed by atoms with Crippen molar-refractivity contribution in [1.82, 2.24) is 9.55 Å². The Balaban J connectivity index is 1.63. The van der Waals surface area contributed by atoms with Crippen molar-refractivity contribution in [3.8, 4) is 5.75 Å². The summed E-state index contributed by atoms with van der Waals surface area (Å²) in [6, 6.07) is 15.6. The Labute approximate surface area is 144 Å². The highest BCUT2D eigenvalue weighted by molar-refractivity contribution is 7.99. The number of benzene rings is 2. The maximum atomic E-state index is 5.86. The third kappa shape index (κ3) is 3.89. The van der Waals surface area contributed by atoms with Gasteiger partial charge in [0.1, 0.15) is 5.75 Å². The van der Waals surface area contributed by atoms with Crippen LogP contribution < -0.4 is 4.74 Å². The number of allylic oxidation sites excluding steroid dienone is 1. The van der Waals surface area contributed by atoms with Gasteiger partial charge in [0.15, 0.2) is 5.16 Å². The molecule has 0 unspecified atom stereocenters. The van der Waals surface area contributed by atoms with Crippen molar-refractivity contribution in [2.24, 2.45) is 0 Å². The van der Waals surface area contributed by atoms with Crippen LogP contribution in [0.4, 0.5) is 0 Å². The van der Waals surface area contributed by atoms with Crippen molar-refractivity contribution >= 4 is 34.4 Å². The Hall–Kier alpha value is -1.91. The summed E-state index contributed by atoms with van der Waals surface area (Å²) >= 11 is 7.55. The molecule has 0 atom stereocenters. The molecule has 118 valence electrons. The molecule has 3 aromatic rings. The Morgan fingerprint density at radius 3 is 2.74 bits per heavy atom. The molecular weight excluding hydrogens is 328 g/mol. The van der Waals surface area contributed by atoms with E-state index in [2.05, 4.69) is 17.2 Å². The average molecular weight is 345 g/mol. The highest BCUT2D eigenvalue weighted by Crippen LogP contribution is 2.24. The van der Waals surface area contributed by atoms with Crippen molar-refractivity contribution in [2.45, 2.75) is 11.7 Å². The largest absolute Gasteiger partial charge is 0.493 e. The van der Waals surface area contributed by atoms with E-state index in [1.54, 1.807) is 11.8 Å². The van der Waals surface area contributed by atoms with Crippen molar-refractivity contribution in [2.75, 3.05) is 12.4 Å². The molecule has 0 aliphatic carbocycles. The average Bonchev–Trinajstić information content (AvgIpc) is 2.92. The van der Waals surface area contributed by atoms with E-state index < -0.39 is 0 Å². The number of nitrogens with zero attached hydrogens (tertiary/aromatic N) is 2. The molecule has 0 saturated carbocycles. The highest BCUT2D eigenvalue weighted by atomic mass is 35.5. The van der Waals surface area contributed by atoms with Gasteiger partial charge in [0.2, 0.25) is 0 Å². The third-order valence-electron chi connectivity index (χ3n) is 3.33. The molecule has 1 heterocycles. The number of hydrogen-bond acceptors (Lipinski definition) is 3. The first kappa shape index (κ1) is 16.0. The van der Waals surface area contributed by atoms with Gasteiger partial charge < -0.3 is 9.30 Å². The summed E-state index contributed by atoms with van der Waals surface area (Å²) in [5.74, 6) is 1.65. The lowest BCUT2D eigenvalue weighted by Gasteiger charge is -2.07. The van der Waals surface area contributed by atoms with Gasteiger partial charge >= 0.3 is 0 Å². The molecule has 0 aliphatic rings. The van der Waals surface area contributed by atoms with Gasteiger partial charge in [-0.1, -0.05) is 41.6 Å². The van der Waals surface area contributed by atoms with Crippen LogP contribution in [0.1, 0.15) is 0 Å². The molecule has 0 amide bonds. The summed E-state index contributed by atoms with van der Waals surface area (Å²) in [6.07, 6.45) is 1.89. The number of aromatic nitrogens is 2. The molecule has 5 heteroatoms. The number of rotatable bonds is 7. The van der Waals surface area contributed by atoms with E-state index >= 15 is 0 Å². The van der Waals surface area contributed by atoms with E-state index in [-0.39, 0.29) is 0 Å². The van der Waals surface area contributed by atoms with Crippen LogP contribution in [0.15, 0.2) is 66.3 Å². The van der Waals surface area contributed by atoms with Crippen LogP contribution in [0.25, 0.3) is 11.0 Å². The molecule has 0 radical (unpaired) electrons. The van der Waals surface area contributed by atoms with Gasteiger partial charge in [0.25, 0.3) is 0 Å². The van der Waals surface area contributed by atoms with Crippen molar-refractivity contribution < 1.29 is 4.74 Å². The summed E-state index contributed by atoms with van der Waals surface area (Å²) in [6.45, 7) is 5.20. The van der Waals surface area contributed by atoms with Crippen LogP contribution in [-0.4, -0.2) is 21.9 Å². The second-order valence-corrected chi connectivity index (χ2v) is 6.43. The fourth-order valence-corrected chi connectivity index (χ4v) is 3.26. The molecule has 2 aromatic carbocycles. The van der Waals surface area contributed by atoms with Gasteiger partial charge in [0, 0.05) is 17.3 Å². The fraction of sp³-hybridized carbons (Fsp3) is 0.167. The first-order valence-corrected chi connectivity index (χ1v) is 8.71. The molecule has 0 fully saturated rings. The number of ether oxygens (including phenoxy) is 1. The van der Waals surface area contributed by atoms with E-state index in [1.165, 1.54) is 0 Å². The minimum absolute atomic E-state index is 0.615. The minimum Gasteiger partial charge on any atom is -0.493 e. The zero-order chi connectivity index (χ0) is 16.1. The Kier molecular flexibility index (Phi) is 5.26. The van der Waals surface area contributed by atoms with Gasteiger partial charge in [-0.25, -0.2) is 4.98 Å². The van der Waals surface area contributed by atoms with Gasteiger partial charge in [-0.3, -0.25) is 0 Å². The van der Waals surface area contributed by atoms with Gasteiger partial charge in [-0.15, -0.1) is 6.58 Å². The number of para-hydroxylation sites is 2. The first-order valence-electron chi connectivity index (χ1n) is 7.35. The monoisotopic (exact) mass is 344 g/mol. The molecule has 0 bridgehead atoms. The molecule has 0 spiro atoms. The predicted molar refractivity (Wildman–Crippen MR) is 97.6 cm³/mol. The van der Waals surface area contributed by atoms with Gasteiger partial charge in [-0.2, -0.15) is 0 Å². The summed E-state index contributed by atoms with van der Waals surface area (Å²) in [5.41, 5.74) is 2.14. The maximum Gasteiger partial charge on any atom is 0.169 e. The first-order chi connectivity index (χ1) is 11.3. The third-order valence-corrected chi connectivity index (χ3v) is 4.52. The van der Waals surface area contributed by atoms with Crippen LogP contribution in [0.5, 0.6) is 5.75 Å². The summed E-state index contributed by atoms with van der Waals surface area (Å²) < 4.78 is 7.90. The topological polar surface area (TPSA) is 27.1 Å². The zero-order valence-electron chi connectivity index (χ0n) is 12.6. The second kappa shape index (κ2) is 7.57. The Morgan fingerprint density at radius 2 is 1.96 bits per heavy atom. The fourth-order valence-electron chi connectivity index (χ4n) is 2.29. The summed E-state index contributed by atoms with van der Waals surface area (Å²) in [7, 11) is 0. The molecule has 0 saturated heterocycles. The van der Waals surface area contributed by atoms with Crippen molar-refractivity contribution in [1.29, 1.82) is 0 Å². The minimum atomic E-state index is 0.615.